The van der Waals surface area contributed by atoms with Crippen molar-refractivity contribution in [3.8, 4) is 0 Å². The largest absolute Gasteiger partial charge is 0.357 e. The van der Waals surface area contributed by atoms with Gasteiger partial charge in [0.15, 0.2) is 11.8 Å². The van der Waals surface area contributed by atoms with Crippen molar-refractivity contribution in [1.82, 2.24) is 29.9 Å². The number of likely N-dealkylation sites (N-methyl/N-ethyl adjacent to an activating group) is 2. The van der Waals surface area contributed by atoms with Crippen LogP contribution < -0.4 is 5.32 Å². The van der Waals surface area contributed by atoms with Crippen LogP contribution in [0.4, 0.5) is 0 Å². The van der Waals surface area contributed by atoms with E-state index in [0.717, 1.165) is 32.0 Å². The summed E-state index contributed by atoms with van der Waals surface area (Å²) in [6.07, 6.45) is 1.70. The van der Waals surface area contributed by atoms with Gasteiger partial charge in [0, 0.05) is 33.2 Å². The number of halogens is 1. The summed E-state index contributed by atoms with van der Waals surface area (Å²) in [5.41, 5.74) is 0. The third-order valence-corrected chi connectivity index (χ3v) is 3.59. The molecule has 1 amide bonds. The van der Waals surface area contributed by atoms with Crippen LogP contribution in [-0.4, -0.2) is 69.7 Å². The Balaban J connectivity index is 0.00000529. The second kappa shape index (κ2) is 12.0. The molecule has 1 aromatic heterocycles. The Labute approximate surface area is 161 Å². The zero-order valence-corrected chi connectivity index (χ0v) is 17.7. The number of hydrogen-bond donors (Lipinski definition) is 1. The Hall–Kier alpha value is -1.39. The van der Waals surface area contributed by atoms with E-state index >= 15 is 0 Å². The molecule has 0 aliphatic rings. The molecule has 0 fully saturated rings. The van der Waals surface area contributed by atoms with Crippen LogP contribution in [0.5, 0.6) is 0 Å². The van der Waals surface area contributed by atoms with Crippen LogP contribution in [0.1, 0.15) is 33.5 Å². The summed E-state index contributed by atoms with van der Waals surface area (Å²) in [7, 11) is 1.87. The molecule has 0 saturated carbocycles. The van der Waals surface area contributed by atoms with Gasteiger partial charge in [-0.2, -0.15) is 0 Å². The fraction of sp³-hybridized carbons (Fsp3) is 0.733. The molecule has 1 heterocycles. The predicted octanol–water partition coefficient (Wildman–Crippen LogP) is 1.18. The van der Waals surface area contributed by atoms with E-state index in [0.29, 0.717) is 19.0 Å². The van der Waals surface area contributed by atoms with Crippen molar-refractivity contribution < 1.29 is 4.79 Å². The lowest BCUT2D eigenvalue weighted by Gasteiger charge is -2.25. The Bertz CT molecular complexity index is 514. The molecule has 0 spiro atoms. The fourth-order valence-electron chi connectivity index (χ4n) is 2.23. The van der Waals surface area contributed by atoms with Gasteiger partial charge in [0.2, 0.25) is 5.91 Å². The van der Waals surface area contributed by atoms with E-state index in [1.807, 2.05) is 49.1 Å². The minimum Gasteiger partial charge on any atom is -0.357 e. The molecule has 0 aliphatic carbocycles. The monoisotopic (exact) mass is 451 g/mol. The quantitative estimate of drug-likeness (QED) is 0.365. The molecule has 0 radical (unpaired) electrons. The van der Waals surface area contributed by atoms with Crippen LogP contribution in [0.15, 0.2) is 11.3 Å². The minimum atomic E-state index is 0. The fourth-order valence-corrected chi connectivity index (χ4v) is 2.23. The van der Waals surface area contributed by atoms with Crippen LogP contribution in [0.2, 0.25) is 0 Å². The van der Waals surface area contributed by atoms with Gasteiger partial charge >= 0.3 is 0 Å². The molecule has 0 aliphatic heterocycles. The van der Waals surface area contributed by atoms with Crippen molar-refractivity contribution in [3.63, 3.8) is 0 Å². The number of aryl methyl sites for hydroxylation is 1. The number of carbonyl (C=O) groups excluding carboxylic acids is 1. The highest BCUT2D eigenvalue weighted by molar-refractivity contribution is 14.0. The second-order valence-electron chi connectivity index (χ2n) is 5.13. The molecule has 1 aromatic rings. The molecular formula is C15H30IN7O. The van der Waals surface area contributed by atoms with Gasteiger partial charge < -0.3 is 19.7 Å². The molecule has 1 N–H and O–H groups in total. The summed E-state index contributed by atoms with van der Waals surface area (Å²) in [6, 6.07) is 0. The van der Waals surface area contributed by atoms with Crippen molar-refractivity contribution in [2.24, 2.45) is 4.99 Å². The lowest BCUT2D eigenvalue weighted by Crippen LogP contribution is -2.45. The summed E-state index contributed by atoms with van der Waals surface area (Å²) in [6.45, 7) is 11.7. The van der Waals surface area contributed by atoms with E-state index in [2.05, 4.69) is 20.5 Å². The summed E-state index contributed by atoms with van der Waals surface area (Å²) < 4.78 is 1.95. The van der Waals surface area contributed by atoms with Gasteiger partial charge in [0.05, 0.1) is 6.54 Å². The first-order valence-electron chi connectivity index (χ1n) is 8.21. The average molecular weight is 451 g/mol. The van der Waals surface area contributed by atoms with E-state index in [9.17, 15) is 4.79 Å². The number of rotatable bonds is 8. The van der Waals surface area contributed by atoms with Crippen LogP contribution >= 0.6 is 24.0 Å². The molecule has 0 aromatic carbocycles. The van der Waals surface area contributed by atoms with Gasteiger partial charge in [-0.05, 0) is 27.7 Å². The third-order valence-electron chi connectivity index (χ3n) is 3.59. The second-order valence-corrected chi connectivity index (χ2v) is 5.13. The molecule has 138 valence electrons. The highest BCUT2D eigenvalue weighted by Crippen LogP contribution is 1.99. The summed E-state index contributed by atoms with van der Waals surface area (Å²) >= 11 is 0. The maximum atomic E-state index is 12.2. The van der Waals surface area contributed by atoms with E-state index in [1.54, 1.807) is 6.33 Å². The highest BCUT2D eigenvalue weighted by atomic mass is 127. The maximum Gasteiger partial charge on any atom is 0.242 e. The van der Waals surface area contributed by atoms with Crippen LogP contribution in [-0.2, 0) is 17.9 Å². The Morgan fingerprint density at radius 2 is 1.96 bits per heavy atom. The van der Waals surface area contributed by atoms with Crippen LogP contribution in [0.3, 0.4) is 0 Å². The number of nitrogens with one attached hydrogen (secondary N) is 1. The van der Waals surface area contributed by atoms with E-state index in [1.165, 1.54) is 0 Å². The molecule has 1 rings (SSSR count). The lowest BCUT2D eigenvalue weighted by molar-refractivity contribution is -0.131. The zero-order chi connectivity index (χ0) is 17.2. The highest BCUT2D eigenvalue weighted by Gasteiger charge is 2.15. The lowest BCUT2D eigenvalue weighted by atomic mass is 10.4. The van der Waals surface area contributed by atoms with Crippen molar-refractivity contribution >= 4 is 35.8 Å². The first kappa shape index (κ1) is 22.6. The van der Waals surface area contributed by atoms with E-state index < -0.39 is 0 Å². The van der Waals surface area contributed by atoms with Crippen molar-refractivity contribution in [3.05, 3.63) is 12.2 Å². The van der Waals surface area contributed by atoms with Gasteiger partial charge in [0.1, 0.15) is 12.9 Å². The van der Waals surface area contributed by atoms with E-state index in [4.69, 9.17) is 0 Å². The van der Waals surface area contributed by atoms with Gasteiger partial charge in [-0.1, -0.05) is 0 Å². The summed E-state index contributed by atoms with van der Waals surface area (Å²) in [4.78, 5) is 20.5. The normalized spacial score (nSPS) is 11.0. The molecule has 8 nitrogen and oxygen atoms in total. The summed E-state index contributed by atoms with van der Waals surface area (Å²) in [5.74, 6) is 1.60. The number of hydrogen-bond acceptors (Lipinski definition) is 4. The molecule has 0 atom stereocenters. The Kier molecular flexibility index (Phi) is 11.3. The van der Waals surface area contributed by atoms with Gasteiger partial charge in [-0.25, -0.2) is 4.99 Å². The molecular weight excluding hydrogens is 421 g/mol. The van der Waals surface area contributed by atoms with Gasteiger partial charge in [0.25, 0.3) is 0 Å². The average Bonchev–Trinajstić information content (AvgIpc) is 2.99. The molecule has 0 unspecified atom stereocenters. The number of aliphatic imine (C=N–C) groups is 1. The first-order chi connectivity index (χ1) is 11.1. The van der Waals surface area contributed by atoms with Gasteiger partial charge in [-0.3, -0.25) is 4.79 Å². The summed E-state index contributed by atoms with van der Waals surface area (Å²) in [5, 5.41) is 11.2. The van der Waals surface area contributed by atoms with Crippen molar-refractivity contribution in [1.29, 1.82) is 0 Å². The molecule has 24 heavy (non-hydrogen) atoms. The zero-order valence-electron chi connectivity index (χ0n) is 15.3. The minimum absolute atomic E-state index is 0. The SMILES string of the molecule is CCNC(=NCc1nncn1CC)N(C)CC(=O)N(CC)CC.I. The van der Waals surface area contributed by atoms with Crippen molar-refractivity contribution in [2.45, 2.75) is 40.8 Å². The molecule has 0 bridgehead atoms. The van der Waals surface area contributed by atoms with Crippen LogP contribution in [0.25, 0.3) is 0 Å². The number of amides is 1. The number of nitrogens with zero attached hydrogens (tertiary/aromatic N) is 6. The van der Waals surface area contributed by atoms with Crippen molar-refractivity contribution in [2.75, 3.05) is 33.2 Å². The van der Waals surface area contributed by atoms with E-state index in [-0.39, 0.29) is 29.9 Å². The van der Waals surface area contributed by atoms with Crippen LogP contribution in [0, 0.1) is 0 Å². The Morgan fingerprint density at radius 1 is 1.29 bits per heavy atom. The number of aromatic nitrogens is 3. The first-order valence-corrected chi connectivity index (χ1v) is 8.21. The van der Waals surface area contributed by atoms with Gasteiger partial charge in [-0.15, -0.1) is 34.2 Å². The molecule has 0 saturated heterocycles. The Morgan fingerprint density at radius 3 is 2.50 bits per heavy atom. The smallest absolute Gasteiger partial charge is 0.242 e. The predicted molar refractivity (Wildman–Crippen MR) is 106 cm³/mol. The number of carbonyl (C=O) groups is 1. The maximum absolute atomic E-state index is 12.2. The standard InChI is InChI=1S/C15H29N7O.HI/c1-6-16-15(17-10-13-19-18-12-22(13)9-4)20(5)11-14(23)21(7-2)8-3;/h12H,6-11H2,1-5H3,(H,16,17);1H. The third kappa shape index (κ3) is 6.62. The topological polar surface area (TPSA) is 78.6 Å². The molecule has 9 heteroatoms. The number of guanidine groups is 1.